The molecule has 0 aliphatic rings. The standard InChI is InChI=1S/C5H7F3N2O5S/c6-5(7,8)16(14,15)10-2(4(12)13)1-3(9)11/h2,10H,1H2,(H2,9,11)(H,12,13)/t2-/m1/s1. The molecule has 0 radical (unpaired) electrons. The molecular formula is C5H7F3N2O5S. The largest absolute Gasteiger partial charge is 0.511 e. The molecule has 7 nitrogen and oxygen atoms in total. The van der Waals surface area contributed by atoms with Gasteiger partial charge in [0.25, 0.3) is 0 Å². The zero-order valence-corrected chi connectivity index (χ0v) is 8.30. The van der Waals surface area contributed by atoms with E-state index in [0.717, 1.165) is 4.72 Å². The summed E-state index contributed by atoms with van der Waals surface area (Å²) in [4.78, 5) is 20.6. The van der Waals surface area contributed by atoms with Crippen LogP contribution in [0.5, 0.6) is 0 Å². The molecule has 0 heterocycles. The highest BCUT2D eigenvalue weighted by molar-refractivity contribution is 7.90. The third kappa shape index (κ3) is 4.02. The highest BCUT2D eigenvalue weighted by Crippen LogP contribution is 2.22. The Labute approximate surface area is 87.5 Å². The molecule has 0 aromatic rings. The van der Waals surface area contributed by atoms with Crippen molar-refractivity contribution in [2.45, 2.75) is 18.0 Å². The number of sulfonamides is 1. The lowest BCUT2D eigenvalue weighted by Crippen LogP contribution is -2.47. The van der Waals surface area contributed by atoms with Gasteiger partial charge in [-0.2, -0.15) is 17.9 Å². The molecule has 0 fully saturated rings. The molecular weight excluding hydrogens is 257 g/mol. The van der Waals surface area contributed by atoms with Crippen LogP contribution in [0.4, 0.5) is 13.2 Å². The van der Waals surface area contributed by atoms with Gasteiger partial charge in [-0.25, -0.2) is 8.42 Å². The number of carboxylic acid groups (broad SMARTS) is 1. The lowest BCUT2D eigenvalue weighted by atomic mass is 10.2. The molecule has 0 saturated carbocycles. The normalized spacial score (nSPS) is 14.4. The second kappa shape index (κ2) is 4.65. The Morgan fingerprint density at radius 2 is 1.81 bits per heavy atom. The van der Waals surface area contributed by atoms with Gasteiger partial charge in [0.2, 0.25) is 5.91 Å². The number of carbonyl (C=O) groups is 2. The Balaban J connectivity index is 4.91. The predicted octanol–water partition coefficient (Wildman–Crippen LogP) is -1.25. The maximum atomic E-state index is 11.8. The van der Waals surface area contributed by atoms with Gasteiger partial charge in [-0.1, -0.05) is 0 Å². The highest BCUT2D eigenvalue weighted by atomic mass is 32.2. The highest BCUT2D eigenvalue weighted by Gasteiger charge is 2.47. The number of aliphatic carboxylic acids is 1. The van der Waals surface area contributed by atoms with Crippen LogP contribution >= 0.6 is 0 Å². The zero-order chi connectivity index (χ0) is 13.1. The van der Waals surface area contributed by atoms with E-state index in [9.17, 15) is 31.2 Å². The SMILES string of the molecule is NC(=O)C[C@@H](NS(=O)(=O)C(F)(F)F)C(=O)O. The third-order valence-electron chi connectivity index (χ3n) is 1.31. The second-order valence-corrected chi connectivity index (χ2v) is 4.33. The van der Waals surface area contributed by atoms with Gasteiger partial charge in [-0.05, 0) is 0 Å². The molecule has 4 N–H and O–H groups in total. The first kappa shape index (κ1) is 14.6. The average Bonchev–Trinajstić information content (AvgIpc) is 1.98. The van der Waals surface area contributed by atoms with Gasteiger partial charge in [0.05, 0.1) is 6.42 Å². The summed E-state index contributed by atoms with van der Waals surface area (Å²) in [5.41, 5.74) is -1.11. The summed E-state index contributed by atoms with van der Waals surface area (Å²) in [6.07, 6.45) is -1.08. The molecule has 0 aliphatic carbocycles. The van der Waals surface area contributed by atoms with Gasteiger partial charge in [0.15, 0.2) is 0 Å². The Kier molecular flexibility index (Phi) is 4.26. The average molecular weight is 264 g/mol. The number of alkyl halides is 3. The summed E-state index contributed by atoms with van der Waals surface area (Å²) >= 11 is 0. The molecule has 16 heavy (non-hydrogen) atoms. The monoisotopic (exact) mass is 264 g/mol. The molecule has 1 atom stereocenters. The Hall–Kier alpha value is -1.36. The first-order chi connectivity index (χ1) is 6.97. The summed E-state index contributed by atoms with van der Waals surface area (Å²) < 4.78 is 57.3. The van der Waals surface area contributed by atoms with Crippen molar-refractivity contribution < 1.29 is 36.3 Å². The number of hydrogen-bond acceptors (Lipinski definition) is 4. The van der Waals surface area contributed by atoms with E-state index in [1.54, 1.807) is 0 Å². The number of halogens is 3. The van der Waals surface area contributed by atoms with Gasteiger partial charge in [0.1, 0.15) is 6.04 Å². The fourth-order valence-corrected chi connectivity index (χ4v) is 1.33. The minimum absolute atomic E-state index is 0.811. The van der Waals surface area contributed by atoms with E-state index >= 15 is 0 Å². The van der Waals surface area contributed by atoms with Gasteiger partial charge in [0, 0.05) is 0 Å². The smallest absolute Gasteiger partial charge is 0.480 e. The van der Waals surface area contributed by atoms with E-state index in [1.807, 2.05) is 0 Å². The minimum atomic E-state index is -5.83. The molecule has 0 unspecified atom stereocenters. The third-order valence-corrected chi connectivity index (χ3v) is 2.51. The number of nitrogens with one attached hydrogen (secondary N) is 1. The Morgan fingerprint density at radius 3 is 2.06 bits per heavy atom. The van der Waals surface area contributed by atoms with Crippen molar-refractivity contribution in [3.05, 3.63) is 0 Å². The number of carboxylic acids is 1. The van der Waals surface area contributed by atoms with Crippen LogP contribution in [-0.4, -0.2) is 37.0 Å². The summed E-state index contributed by atoms with van der Waals surface area (Å²) in [6, 6.07) is -2.25. The molecule has 0 aromatic heterocycles. The van der Waals surface area contributed by atoms with Crippen LogP contribution < -0.4 is 10.5 Å². The Morgan fingerprint density at radius 1 is 1.38 bits per heavy atom. The van der Waals surface area contributed by atoms with Crippen LogP contribution in [0.15, 0.2) is 0 Å². The van der Waals surface area contributed by atoms with E-state index < -0.39 is 39.9 Å². The van der Waals surface area contributed by atoms with Crippen LogP contribution in [0.2, 0.25) is 0 Å². The first-order valence-electron chi connectivity index (χ1n) is 3.57. The van der Waals surface area contributed by atoms with Gasteiger partial charge in [-0.15, -0.1) is 0 Å². The van der Waals surface area contributed by atoms with Crippen molar-refractivity contribution in [2.75, 3.05) is 0 Å². The first-order valence-corrected chi connectivity index (χ1v) is 5.05. The fourth-order valence-electron chi connectivity index (χ4n) is 0.635. The number of hydrogen-bond donors (Lipinski definition) is 3. The minimum Gasteiger partial charge on any atom is -0.480 e. The summed E-state index contributed by atoms with van der Waals surface area (Å²) in [7, 11) is -5.83. The van der Waals surface area contributed by atoms with Crippen molar-refractivity contribution in [3.8, 4) is 0 Å². The van der Waals surface area contributed by atoms with Crippen molar-refractivity contribution in [1.29, 1.82) is 0 Å². The number of amides is 1. The lowest BCUT2D eigenvalue weighted by Gasteiger charge is -2.14. The number of rotatable bonds is 5. The van der Waals surface area contributed by atoms with Crippen molar-refractivity contribution in [2.24, 2.45) is 5.73 Å². The zero-order valence-electron chi connectivity index (χ0n) is 7.48. The van der Waals surface area contributed by atoms with Crippen molar-refractivity contribution >= 4 is 21.9 Å². The molecule has 94 valence electrons. The quantitative estimate of drug-likeness (QED) is 0.572. The molecule has 0 spiro atoms. The molecule has 0 bridgehead atoms. The number of carbonyl (C=O) groups excluding carboxylic acids is 1. The van der Waals surface area contributed by atoms with Gasteiger partial charge < -0.3 is 10.8 Å². The number of nitrogens with two attached hydrogens (primary N) is 1. The molecule has 0 rings (SSSR count). The maximum Gasteiger partial charge on any atom is 0.511 e. The van der Waals surface area contributed by atoms with Crippen LogP contribution in [0.1, 0.15) is 6.42 Å². The molecule has 0 saturated heterocycles. The van der Waals surface area contributed by atoms with Gasteiger partial charge in [-0.3, -0.25) is 9.59 Å². The predicted molar refractivity (Wildman–Crippen MR) is 43.3 cm³/mol. The van der Waals surface area contributed by atoms with E-state index in [4.69, 9.17) is 5.11 Å². The fraction of sp³-hybridized carbons (Fsp3) is 0.600. The molecule has 0 aromatic carbocycles. The Bertz CT molecular complexity index is 389. The molecule has 0 aliphatic heterocycles. The maximum absolute atomic E-state index is 11.8. The topological polar surface area (TPSA) is 127 Å². The van der Waals surface area contributed by atoms with Crippen LogP contribution in [-0.2, 0) is 19.6 Å². The molecule has 1 amide bonds. The van der Waals surface area contributed by atoms with Crippen molar-refractivity contribution in [3.63, 3.8) is 0 Å². The van der Waals surface area contributed by atoms with Crippen LogP contribution in [0.25, 0.3) is 0 Å². The van der Waals surface area contributed by atoms with Gasteiger partial charge >= 0.3 is 21.5 Å². The lowest BCUT2D eigenvalue weighted by molar-refractivity contribution is -0.140. The van der Waals surface area contributed by atoms with Crippen molar-refractivity contribution in [1.82, 2.24) is 4.72 Å². The second-order valence-electron chi connectivity index (χ2n) is 2.63. The van der Waals surface area contributed by atoms with E-state index in [-0.39, 0.29) is 0 Å². The van der Waals surface area contributed by atoms with Crippen LogP contribution in [0.3, 0.4) is 0 Å². The van der Waals surface area contributed by atoms with E-state index in [1.165, 1.54) is 0 Å². The summed E-state index contributed by atoms with van der Waals surface area (Å²) in [5.74, 6) is -3.19. The van der Waals surface area contributed by atoms with Crippen LogP contribution in [0, 0.1) is 0 Å². The summed E-state index contributed by atoms with van der Waals surface area (Å²) in [5, 5.41) is 8.35. The number of primary amides is 1. The molecule has 11 heteroatoms. The van der Waals surface area contributed by atoms with E-state index in [0.29, 0.717) is 0 Å². The summed E-state index contributed by atoms with van der Waals surface area (Å²) in [6.45, 7) is 0. The van der Waals surface area contributed by atoms with E-state index in [2.05, 4.69) is 5.73 Å².